The second kappa shape index (κ2) is 13.7. The minimum Gasteiger partial charge on any atom is -0.497 e. The van der Waals surface area contributed by atoms with Gasteiger partial charge in [-0.15, -0.1) is 12.3 Å². The SMILES string of the molecule is C.C#CCCCC(O)C(c1ccc(OC)cc1)c1ccc(OC)cc1.CC. The van der Waals surface area contributed by atoms with Crippen LogP contribution >= 0.6 is 0 Å². The van der Waals surface area contributed by atoms with Gasteiger partial charge in [-0.3, -0.25) is 0 Å². The Morgan fingerprint density at radius 3 is 1.63 bits per heavy atom. The van der Waals surface area contributed by atoms with E-state index in [0.717, 1.165) is 29.0 Å². The third-order valence-corrected chi connectivity index (χ3v) is 4.16. The molecule has 0 amide bonds. The molecule has 0 spiro atoms. The van der Waals surface area contributed by atoms with E-state index < -0.39 is 6.10 Å². The van der Waals surface area contributed by atoms with Crippen LogP contribution in [-0.2, 0) is 0 Å². The summed E-state index contributed by atoms with van der Waals surface area (Å²) in [5.41, 5.74) is 2.10. The minimum absolute atomic E-state index is 0. The molecule has 2 aromatic carbocycles. The predicted molar refractivity (Wildman–Crippen MR) is 115 cm³/mol. The number of ether oxygens (including phenoxy) is 2. The molecule has 0 saturated heterocycles. The van der Waals surface area contributed by atoms with Gasteiger partial charge in [0, 0.05) is 12.3 Å². The van der Waals surface area contributed by atoms with Gasteiger partial charge in [-0.25, -0.2) is 0 Å². The van der Waals surface area contributed by atoms with Crippen molar-refractivity contribution in [2.45, 2.75) is 52.6 Å². The van der Waals surface area contributed by atoms with E-state index in [1.807, 2.05) is 62.4 Å². The Morgan fingerprint density at radius 1 is 0.889 bits per heavy atom. The van der Waals surface area contributed by atoms with Gasteiger partial charge in [0.1, 0.15) is 11.5 Å². The summed E-state index contributed by atoms with van der Waals surface area (Å²) < 4.78 is 10.4. The number of methoxy groups -OCH3 is 2. The van der Waals surface area contributed by atoms with Crippen LogP contribution in [0.2, 0.25) is 0 Å². The third kappa shape index (κ3) is 7.37. The molecule has 3 nitrogen and oxygen atoms in total. The van der Waals surface area contributed by atoms with Crippen LogP contribution in [0.15, 0.2) is 48.5 Å². The molecule has 2 aromatic rings. The van der Waals surface area contributed by atoms with E-state index >= 15 is 0 Å². The summed E-state index contributed by atoms with van der Waals surface area (Å²) >= 11 is 0. The van der Waals surface area contributed by atoms with Gasteiger partial charge in [-0.1, -0.05) is 45.5 Å². The van der Waals surface area contributed by atoms with Gasteiger partial charge in [0.2, 0.25) is 0 Å². The van der Waals surface area contributed by atoms with Crippen LogP contribution in [0.4, 0.5) is 0 Å². The molecule has 1 atom stereocenters. The Balaban J connectivity index is 0.00000218. The van der Waals surface area contributed by atoms with Crippen molar-refractivity contribution < 1.29 is 14.6 Å². The molecule has 0 aromatic heterocycles. The van der Waals surface area contributed by atoms with Crippen LogP contribution in [0.5, 0.6) is 11.5 Å². The summed E-state index contributed by atoms with van der Waals surface area (Å²) in [7, 11) is 3.29. The molecule has 0 aliphatic heterocycles. The quantitative estimate of drug-likeness (QED) is 0.481. The molecule has 0 saturated carbocycles. The number of hydrogen-bond acceptors (Lipinski definition) is 3. The molecule has 148 valence electrons. The molecule has 27 heavy (non-hydrogen) atoms. The first-order valence-corrected chi connectivity index (χ1v) is 9.09. The van der Waals surface area contributed by atoms with Crippen LogP contribution in [0, 0.1) is 12.3 Å². The average molecular weight is 371 g/mol. The molecule has 2 rings (SSSR count). The highest BCUT2D eigenvalue weighted by Gasteiger charge is 2.23. The van der Waals surface area contributed by atoms with Crippen LogP contribution in [0.1, 0.15) is 57.6 Å². The molecular formula is C24H34O3. The lowest BCUT2D eigenvalue weighted by Gasteiger charge is -2.24. The molecule has 0 aliphatic carbocycles. The van der Waals surface area contributed by atoms with Crippen LogP contribution in [0.3, 0.4) is 0 Å². The minimum atomic E-state index is -0.500. The lowest BCUT2D eigenvalue weighted by molar-refractivity contribution is 0.144. The summed E-state index contributed by atoms with van der Waals surface area (Å²) in [5.74, 6) is 4.12. The molecule has 0 bridgehead atoms. The van der Waals surface area contributed by atoms with Crippen molar-refractivity contribution in [3.05, 3.63) is 59.7 Å². The molecule has 0 heterocycles. The standard InChI is InChI=1S/C21H24O3.C2H6.CH4/c1-4-5-6-7-20(22)21(16-8-12-18(23-2)13-9-16)17-10-14-19(24-3)15-11-17;1-2;/h1,8-15,20-22H,5-7H2,2-3H3;1-2H3;1H4. The fraction of sp³-hybridized carbons (Fsp3) is 0.417. The molecule has 0 radical (unpaired) electrons. The smallest absolute Gasteiger partial charge is 0.118 e. The highest BCUT2D eigenvalue weighted by Crippen LogP contribution is 2.32. The monoisotopic (exact) mass is 370 g/mol. The Labute approximate surface area is 165 Å². The number of aliphatic hydroxyl groups is 1. The highest BCUT2D eigenvalue weighted by molar-refractivity contribution is 5.39. The Bertz CT molecular complexity index is 606. The van der Waals surface area contributed by atoms with Crippen molar-refractivity contribution in [2.24, 2.45) is 0 Å². The van der Waals surface area contributed by atoms with Gasteiger partial charge < -0.3 is 14.6 Å². The van der Waals surface area contributed by atoms with Gasteiger partial charge in [0.25, 0.3) is 0 Å². The molecule has 3 heteroatoms. The van der Waals surface area contributed by atoms with Crippen LogP contribution in [0.25, 0.3) is 0 Å². The number of hydrogen-bond donors (Lipinski definition) is 1. The summed E-state index contributed by atoms with van der Waals surface area (Å²) in [6, 6.07) is 15.7. The van der Waals surface area contributed by atoms with Gasteiger partial charge in [0.05, 0.1) is 20.3 Å². The molecule has 1 unspecified atom stereocenters. The van der Waals surface area contributed by atoms with Crippen molar-refractivity contribution >= 4 is 0 Å². The zero-order valence-electron chi connectivity index (χ0n) is 16.2. The molecule has 0 fully saturated rings. The Morgan fingerprint density at radius 2 is 1.30 bits per heavy atom. The Kier molecular flexibility index (Phi) is 12.5. The largest absolute Gasteiger partial charge is 0.497 e. The summed E-state index contributed by atoms with van der Waals surface area (Å²) in [4.78, 5) is 0. The molecular weight excluding hydrogens is 336 g/mol. The van der Waals surface area contributed by atoms with E-state index in [0.29, 0.717) is 12.8 Å². The van der Waals surface area contributed by atoms with E-state index in [4.69, 9.17) is 15.9 Å². The van der Waals surface area contributed by atoms with Crippen LogP contribution < -0.4 is 9.47 Å². The fourth-order valence-corrected chi connectivity index (χ4v) is 2.84. The first-order chi connectivity index (χ1) is 12.7. The summed E-state index contributed by atoms with van der Waals surface area (Å²) in [6.07, 6.45) is 6.96. The fourth-order valence-electron chi connectivity index (χ4n) is 2.84. The predicted octanol–water partition coefficient (Wildman–Crippen LogP) is 5.66. The number of unbranched alkanes of at least 4 members (excludes halogenated alkanes) is 1. The van der Waals surface area contributed by atoms with Crippen LogP contribution in [-0.4, -0.2) is 25.4 Å². The van der Waals surface area contributed by atoms with Crippen molar-refractivity contribution in [2.75, 3.05) is 14.2 Å². The summed E-state index contributed by atoms with van der Waals surface area (Å²) in [5, 5.41) is 10.8. The molecule has 1 N–H and O–H groups in total. The topological polar surface area (TPSA) is 38.7 Å². The Hall–Kier alpha value is -2.44. The number of benzene rings is 2. The first kappa shape index (κ1) is 24.6. The second-order valence-corrected chi connectivity index (χ2v) is 5.69. The maximum Gasteiger partial charge on any atom is 0.118 e. The lowest BCUT2D eigenvalue weighted by atomic mass is 9.84. The number of terminal acetylenes is 1. The van der Waals surface area contributed by atoms with Crippen molar-refractivity contribution in [3.8, 4) is 23.8 Å². The first-order valence-electron chi connectivity index (χ1n) is 9.09. The van der Waals surface area contributed by atoms with E-state index in [-0.39, 0.29) is 13.3 Å². The van der Waals surface area contributed by atoms with Gasteiger partial charge in [-0.2, -0.15) is 0 Å². The molecule has 0 aliphatic rings. The van der Waals surface area contributed by atoms with Crippen molar-refractivity contribution in [3.63, 3.8) is 0 Å². The van der Waals surface area contributed by atoms with E-state index in [1.165, 1.54) is 0 Å². The number of rotatable bonds is 8. The average Bonchev–Trinajstić information content (AvgIpc) is 2.71. The van der Waals surface area contributed by atoms with Gasteiger partial charge >= 0.3 is 0 Å². The summed E-state index contributed by atoms with van der Waals surface area (Å²) in [6.45, 7) is 4.00. The maximum atomic E-state index is 10.8. The number of aliphatic hydroxyl groups excluding tert-OH is 1. The van der Waals surface area contributed by atoms with Crippen molar-refractivity contribution in [1.82, 2.24) is 0 Å². The van der Waals surface area contributed by atoms with E-state index in [1.54, 1.807) is 14.2 Å². The maximum absolute atomic E-state index is 10.8. The van der Waals surface area contributed by atoms with Gasteiger partial charge in [-0.05, 0) is 48.2 Å². The van der Waals surface area contributed by atoms with E-state index in [9.17, 15) is 5.11 Å². The van der Waals surface area contributed by atoms with E-state index in [2.05, 4.69) is 5.92 Å². The lowest BCUT2D eigenvalue weighted by Crippen LogP contribution is -2.19. The van der Waals surface area contributed by atoms with Crippen molar-refractivity contribution in [1.29, 1.82) is 0 Å². The highest BCUT2D eigenvalue weighted by atomic mass is 16.5. The second-order valence-electron chi connectivity index (χ2n) is 5.69. The normalized spacial score (nSPS) is 10.7. The zero-order valence-corrected chi connectivity index (χ0v) is 16.2. The van der Waals surface area contributed by atoms with Gasteiger partial charge in [0.15, 0.2) is 0 Å². The zero-order chi connectivity index (χ0) is 19.4. The third-order valence-electron chi connectivity index (χ3n) is 4.16.